The number of halogens is 1. The molecule has 1 aromatic carbocycles. The number of benzene rings is 1. The Morgan fingerprint density at radius 1 is 1.60 bits per heavy atom. The van der Waals surface area contributed by atoms with E-state index in [4.69, 9.17) is 9.94 Å². The van der Waals surface area contributed by atoms with Gasteiger partial charge in [-0.25, -0.2) is 5.48 Å². The second-order valence-electron chi connectivity index (χ2n) is 2.92. The van der Waals surface area contributed by atoms with Gasteiger partial charge in [0.2, 0.25) is 0 Å². The fourth-order valence-electron chi connectivity index (χ4n) is 1.07. The van der Waals surface area contributed by atoms with Gasteiger partial charge in [0, 0.05) is 10.0 Å². The van der Waals surface area contributed by atoms with Crippen molar-refractivity contribution in [3.05, 3.63) is 33.8 Å². The molecule has 0 atom stereocenters. The Hall–Kier alpha value is -0.910. The zero-order valence-corrected chi connectivity index (χ0v) is 9.87. The number of hydrogen-bond acceptors (Lipinski definition) is 3. The van der Waals surface area contributed by atoms with Crippen LogP contribution in [0.4, 0.5) is 0 Å². The Labute approximate surface area is 96.3 Å². The average molecular weight is 274 g/mol. The van der Waals surface area contributed by atoms with Gasteiger partial charge in [0.25, 0.3) is 5.91 Å². The molecule has 5 heteroatoms. The maximum atomic E-state index is 11.6. The molecule has 2 N–H and O–H groups in total. The van der Waals surface area contributed by atoms with Crippen molar-refractivity contribution < 1.29 is 14.7 Å². The van der Waals surface area contributed by atoms with Crippen molar-refractivity contribution in [3.63, 3.8) is 0 Å². The molecule has 0 aliphatic rings. The van der Waals surface area contributed by atoms with Gasteiger partial charge in [-0.1, -0.05) is 22.0 Å². The summed E-state index contributed by atoms with van der Waals surface area (Å²) < 4.78 is 0.873. The van der Waals surface area contributed by atoms with E-state index in [1.807, 2.05) is 13.0 Å². The molecule has 0 aliphatic heterocycles. The van der Waals surface area contributed by atoms with E-state index in [0.717, 1.165) is 10.0 Å². The highest BCUT2D eigenvalue weighted by Crippen LogP contribution is 2.19. The summed E-state index contributed by atoms with van der Waals surface area (Å²) in [6.07, 6.45) is 0. The van der Waals surface area contributed by atoms with Gasteiger partial charge in [-0.2, -0.15) is 0 Å². The zero-order chi connectivity index (χ0) is 11.3. The van der Waals surface area contributed by atoms with Crippen molar-refractivity contribution in [2.75, 3.05) is 13.2 Å². The number of carbonyl (C=O) groups excluding carboxylic acids is 1. The Bertz CT molecular complexity index is 355. The molecule has 0 fully saturated rings. The first-order valence-electron chi connectivity index (χ1n) is 4.45. The average Bonchev–Trinajstić information content (AvgIpc) is 2.22. The van der Waals surface area contributed by atoms with Crippen molar-refractivity contribution in [1.29, 1.82) is 0 Å². The summed E-state index contributed by atoms with van der Waals surface area (Å²) in [4.78, 5) is 16.3. The van der Waals surface area contributed by atoms with Gasteiger partial charge in [0.15, 0.2) is 0 Å². The standard InChI is InChI=1S/C10H12BrNO3/c1-7-8(3-2-4-9(7)11)10(14)12-15-6-5-13/h2-4,13H,5-6H2,1H3,(H,12,14). The minimum absolute atomic E-state index is 0.0821. The molecule has 0 radical (unpaired) electrons. The minimum Gasteiger partial charge on any atom is -0.394 e. The largest absolute Gasteiger partial charge is 0.394 e. The minimum atomic E-state index is -0.317. The number of amides is 1. The highest BCUT2D eigenvalue weighted by atomic mass is 79.9. The smallest absolute Gasteiger partial charge is 0.275 e. The molecule has 0 heterocycles. The van der Waals surface area contributed by atoms with Crippen molar-refractivity contribution in [2.24, 2.45) is 0 Å². The van der Waals surface area contributed by atoms with E-state index in [1.165, 1.54) is 0 Å². The molecule has 0 aliphatic carbocycles. The van der Waals surface area contributed by atoms with Gasteiger partial charge < -0.3 is 5.11 Å². The predicted molar refractivity (Wildman–Crippen MR) is 59.4 cm³/mol. The van der Waals surface area contributed by atoms with Crippen LogP contribution in [0.3, 0.4) is 0 Å². The van der Waals surface area contributed by atoms with Crippen molar-refractivity contribution in [2.45, 2.75) is 6.92 Å². The number of rotatable bonds is 4. The van der Waals surface area contributed by atoms with Gasteiger partial charge in [0.1, 0.15) is 0 Å². The van der Waals surface area contributed by atoms with Gasteiger partial charge in [-0.15, -0.1) is 0 Å². The molecule has 15 heavy (non-hydrogen) atoms. The first kappa shape index (κ1) is 12.2. The van der Waals surface area contributed by atoms with E-state index in [0.29, 0.717) is 5.56 Å². The van der Waals surface area contributed by atoms with Crippen LogP contribution in [0.15, 0.2) is 22.7 Å². The Balaban J connectivity index is 2.69. The molecule has 1 amide bonds. The lowest BCUT2D eigenvalue weighted by atomic mass is 10.1. The number of carbonyl (C=O) groups is 1. The third kappa shape index (κ3) is 3.30. The summed E-state index contributed by atoms with van der Waals surface area (Å²) in [7, 11) is 0. The van der Waals surface area contributed by atoms with E-state index in [9.17, 15) is 4.79 Å². The highest BCUT2D eigenvalue weighted by Gasteiger charge is 2.09. The fourth-order valence-corrected chi connectivity index (χ4v) is 1.44. The van der Waals surface area contributed by atoms with Crippen LogP contribution in [-0.4, -0.2) is 24.2 Å². The maximum Gasteiger partial charge on any atom is 0.275 e. The molecule has 0 saturated heterocycles. The van der Waals surface area contributed by atoms with E-state index < -0.39 is 0 Å². The van der Waals surface area contributed by atoms with E-state index in [1.54, 1.807) is 12.1 Å². The summed E-state index contributed by atoms with van der Waals surface area (Å²) in [5.74, 6) is -0.317. The highest BCUT2D eigenvalue weighted by molar-refractivity contribution is 9.10. The third-order valence-corrected chi connectivity index (χ3v) is 2.73. The van der Waals surface area contributed by atoms with Crippen LogP contribution < -0.4 is 5.48 Å². The van der Waals surface area contributed by atoms with Crippen LogP contribution >= 0.6 is 15.9 Å². The lowest BCUT2D eigenvalue weighted by molar-refractivity contribution is 0.0168. The second-order valence-corrected chi connectivity index (χ2v) is 3.77. The first-order chi connectivity index (χ1) is 7.16. The molecule has 0 unspecified atom stereocenters. The second kappa shape index (κ2) is 5.85. The first-order valence-corrected chi connectivity index (χ1v) is 5.24. The van der Waals surface area contributed by atoms with Crippen LogP contribution in [0, 0.1) is 6.92 Å². The van der Waals surface area contributed by atoms with Crippen LogP contribution in [-0.2, 0) is 4.84 Å². The van der Waals surface area contributed by atoms with E-state index in [-0.39, 0.29) is 19.1 Å². The Morgan fingerprint density at radius 2 is 2.33 bits per heavy atom. The molecule has 0 aromatic heterocycles. The molecule has 1 rings (SSSR count). The molecule has 4 nitrogen and oxygen atoms in total. The van der Waals surface area contributed by atoms with Crippen molar-refractivity contribution in [1.82, 2.24) is 5.48 Å². The molecular weight excluding hydrogens is 262 g/mol. The summed E-state index contributed by atoms with van der Waals surface area (Å²) in [6, 6.07) is 5.34. The zero-order valence-electron chi connectivity index (χ0n) is 8.29. The van der Waals surface area contributed by atoms with Gasteiger partial charge in [-0.05, 0) is 24.6 Å². The van der Waals surface area contributed by atoms with Crippen LogP contribution in [0.2, 0.25) is 0 Å². The summed E-state index contributed by atoms with van der Waals surface area (Å²) >= 11 is 3.34. The van der Waals surface area contributed by atoms with Gasteiger partial charge in [-0.3, -0.25) is 9.63 Å². The van der Waals surface area contributed by atoms with Gasteiger partial charge in [0.05, 0.1) is 13.2 Å². The molecule has 1 aromatic rings. The number of nitrogens with one attached hydrogen (secondary N) is 1. The molecule has 0 bridgehead atoms. The molecule has 82 valence electrons. The summed E-state index contributed by atoms with van der Waals surface area (Å²) in [5, 5.41) is 8.46. The van der Waals surface area contributed by atoms with Gasteiger partial charge >= 0.3 is 0 Å². The quantitative estimate of drug-likeness (QED) is 0.644. The number of aliphatic hydroxyl groups excluding tert-OH is 1. The topological polar surface area (TPSA) is 58.6 Å². The lowest BCUT2D eigenvalue weighted by Crippen LogP contribution is -2.25. The van der Waals surface area contributed by atoms with E-state index >= 15 is 0 Å². The Kier molecular flexibility index (Phi) is 4.74. The van der Waals surface area contributed by atoms with Crippen molar-refractivity contribution in [3.8, 4) is 0 Å². The number of hydrogen-bond donors (Lipinski definition) is 2. The predicted octanol–water partition coefficient (Wildman–Crippen LogP) is 1.41. The van der Waals surface area contributed by atoms with Crippen LogP contribution in [0.5, 0.6) is 0 Å². The number of hydroxylamine groups is 1. The molecule has 0 saturated carbocycles. The fraction of sp³-hybridized carbons (Fsp3) is 0.300. The molecule has 0 spiro atoms. The maximum absolute atomic E-state index is 11.6. The Morgan fingerprint density at radius 3 is 3.00 bits per heavy atom. The lowest BCUT2D eigenvalue weighted by Gasteiger charge is -2.07. The monoisotopic (exact) mass is 273 g/mol. The normalized spacial score (nSPS) is 10.1. The summed E-state index contributed by atoms with van der Waals surface area (Å²) in [6.45, 7) is 1.79. The third-order valence-electron chi connectivity index (χ3n) is 1.87. The van der Waals surface area contributed by atoms with Crippen LogP contribution in [0.1, 0.15) is 15.9 Å². The SMILES string of the molecule is Cc1c(Br)cccc1C(=O)NOCCO. The van der Waals surface area contributed by atoms with E-state index in [2.05, 4.69) is 21.4 Å². The molecular formula is C10H12BrNO3. The summed E-state index contributed by atoms with van der Waals surface area (Å²) in [5.41, 5.74) is 3.64. The number of aliphatic hydroxyl groups is 1. The van der Waals surface area contributed by atoms with Crippen LogP contribution in [0.25, 0.3) is 0 Å². The van der Waals surface area contributed by atoms with Crippen molar-refractivity contribution >= 4 is 21.8 Å².